The van der Waals surface area contributed by atoms with E-state index in [0.717, 1.165) is 18.5 Å². The molecule has 1 aliphatic heterocycles. The van der Waals surface area contributed by atoms with Crippen LogP contribution in [0.25, 0.3) is 0 Å². The number of methoxy groups -OCH3 is 1. The topological polar surface area (TPSA) is 88.0 Å². The molecule has 8 nitrogen and oxygen atoms in total. The summed E-state index contributed by atoms with van der Waals surface area (Å²) in [4.78, 5) is 27.5. The van der Waals surface area contributed by atoms with Gasteiger partial charge in [-0.25, -0.2) is 4.39 Å². The van der Waals surface area contributed by atoms with Gasteiger partial charge in [0.2, 0.25) is 0 Å². The number of ether oxygens (including phenoxy) is 1. The standard InChI is InChI=1S/C21H23FN4O4/c1-30-20-13-15(22)3-7-18(20)25-10-8-24(9-11-25)17-6-2-14(12-19(17)26(28)29)21(27)23-16-4-5-16/h2-3,6-7,12-13,16H,4-5,8-11H2,1H3,(H,23,27). The molecule has 158 valence electrons. The first-order valence-corrected chi connectivity index (χ1v) is 9.89. The molecule has 30 heavy (non-hydrogen) atoms. The summed E-state index contributed by atoms with van der Waals surface area (Å²) in [6.07, 6.45) is 1.91. The Kier molecular flexibility index (Phi) is 5.43. The van der Waals surface area contributed by atoms with Gasteiger partial charge in [-0.1, -0.05) is 0 Å². The number of nitro groups is 1. The van der Waals surface area contributed by atoms with Gasteiger partial charge in [0.25, 0.3) is 11.6 Å². The summed E-state index contributed by atoms with van der Waals surface area (Å²) >= 11 is 0. The van der Waals surface area contributed by atoms with Gasteiger partial charge in [0, 0.05) is 49.9 Å². The maximum atomic E-state index is 13.5. The van der Waals surface area contributed by atoms with Gasteiger partial charge in [0.1, 0.15) is 17.3 Å². The number of nitro benzene ring substituents is 1. The van der Waals surface area contributed by atoms with Crippen molar-refractivity contribution in [1.82, 2.24) is 5.32 Å². The maximum absolute atomic E-state index is 13.5. The molecule has 1 amide bonds. The van der Waals surface area contributed by atoms with Gasteiger partial charge in [-0.15, -0.1) is 0 Å². The lowest BCUT2D eigenvalue weighted by atomic mass is 10.1. The number of carbonyl (C=O) groups excluding carboxylic acids is 1. The van der Waals surface area contributed by atoms with Crippen LogP contribution in [0, 0.1) is 15.9 Å². The minimum Gasteiger partial charge on any atom is -0.494 e. The molecule has 1 saturated heterocycles. The molecule has 0 radical (unpaired) electrons. The zero-order valence-corrected chi connectivity index (χ0v) is 16.6. The summed E-state index contributed by atoms with van der Waals surface area (Å²) < 4.78 is 18.8. The van der Waals surface area contributed by atoms with Crippen LogP contribution in [0.15, 0.2) is 36.4 Å². The summed E-state index contributed by atoms with van der Waals surface area (Å²) in [5.41, 5.74) is 1.51. The molecule has 1 saturated carbocycles. The van der Waals surface area contributed by atoms with Gasteiger partial charge in [-0.05, 0) is 37.1 Å². The number of hydrogen-bond donors (Lipinski definition) is 1. The van der Waals surface area contributed by atoms with Crippen molar-refractivity contribution in [2.75, 3.05) is 43.1 Å². The summed E-state index contributed by atoms with van der Waals surface area (Å²) in [5, 5.41) is 14.5. The van der Waals surface area contributed by atoms with E-state index >= 15 is 0 Å². The summed E-state index contributed by atoms with van der Waals surface area (Å²) in [6.45, 7) is 2.30. The molecule has 2 aromatic carbocycles. The van der Waals surface area contributed by atoms with E-state index in [-0.39, 0.29) is 23.5 Å². The van der Waals surface area contributed by atoms with E-state index in [9.17, 15) is 19.3 Å². The van der Waals surface area contributed by atoms with Crippen molar-refractivity contribution in [2.24, 2.45) is 0 Å². The number of anilines is 2. The Morgan fingerprint density at radius 2 is 1.73 bits per heavy atom. The highest BCUT2D eigenvalue weighted by atomic mass is 19.1. The molecule has 0 bridgehead atoms. The van der Waals surface area contributed by atoms with Gasteiger partial charge in [0.15, 0.2) is 0 Å². The molecule has 0 spiro atoms. The first-order chi connectivity index (χ1) is 14.5. The third-order valence-electron chi connectivity index (χ3n) is 5.45. The lowest BCUT2D eigenvalue weighted by Crippen LogP contribution is -2.46. The Morgan fingerprint density at radius 1 is 1.10 bits per heavy atom. The summed E-state index contributed by atoms with van der Waals surface area (Å²) in [7, 11) is 1.50. The lowest BCUT2D eigenvalue weighted by Gasteiger charge is -2.37. The van der Waals surface area contributed by atoms with Crippen LogP contribution in [-0.4, -0.2) is 50.2 Å². The number of amides is 1. The van der Waals surface area contributed by atoms with Gasteiger partial charge in [-0.3, -0.25) is 14.9 Å². The quantitative estimate of drug-likeness (QED) is 0.578. The fourth-order valence-electron chi connectivity index (χ4n) is 3.68. The SMILES string of the molecule is COc1cc(F)ccc1N1CCN(c2ccc(C(=O)NC3CC3)cc2[N+](=O)[O-])CC1. The van der Waals surface area contributed by atoms with Crippen LogP contribution in [-0.2, 0) is 0 Å². The van der Waals surface area contributed by atoms with Gasteiger partial charge < -0.3 is 19.9 Å². The zero-order valence-electron chi connectivity index (χ0n) is 16.6. The number of carbonyl (C=O) groups is 1. The van der Waals surface area contributed by atoms with Crippen LogP contribution in [0.5, 0.6) is 5.75 Å². The number of nitrogens with one attached hydrogen (secondary N) is 1. The summed E-state index contributed by atoms with van der Waals surface area (Å²) in [6, 6.07) is 9.23. The normalized spacial score (nSPS) is 16.3. The number of benzene rings is 2. The van der Waals surface area contributed by atoms with E-state index < -0.39 is 4.92 Å². The van der Waals surface area contributed by atoms with Gasteiger partial charge in [0.05, 0.1) is 17.7 Å². The van der Waals surface area contributed by atoms with E-state index in [1.807, 2.05) is 4.90 Å². The van der Waals surface area contributed by atoms with Crippen LogP contribution in [0.3, 0.4) is 0 Å². The molecule has 0 atom stereocenters. The number of rotatable bonds is 6. The smallest absolute Gasteiger partial charge is 0.293 e. The van der Waals surface area contributed by atoms with Crippen LogP contribution in [0.4, 0.5) is 21.5 Å². The van der Waals surface area contributed by atoms with Crippen molar-refractivity contribution < 1.29 is 18.8 Å². The third-order valence-corrected chi connectivity index (χ3v) is 5.45. The van der Waals surface area contributed by atoms with Crippen molar-refractivity contribution in [2.45, 2.75) is 18.9 Å². The van der Waals surface area contributed by atoms with Crippen LogP contribution < -0.4 is 19.9 Å². The van der Waals surface area contributed by atoms with Crippen molar-refractivity contribution in [3.63, 3.8) is 0 Å². The Bertz CT molecular complexity index is 971. The average molecular weight is 414 g/mol. The molecule has 4 rings (SSSR count). The molecule has 1 N–H and O–H groups in total. The Labute approximate surface area is 173 Å². The monoisotopic (exact) mass is 414 g/mol. The molecule has 1 heterocycles. The second-order valence-corrected chi connectivity index (χ2v) is 7.50. The Balaban J connectivity index is 1.50. The predicted molar refractivity (Wildman–Crippen MR) is 111 cm³/mol. The number of nitrogens with zero attached hydrogens (tertiary/aromatic N) is 3. The molecule has 0 unspecified atom stereocenters. The van der Waals surface area contributed by atoms with E-state index in [1.165, 1.54) is 25.3 Å². The molecular formula is C21H23FN4O4. The number of hydrogen-bond acceptors (Lipinski definition) is 6. The van der Waals surface area contributed by atoms with Crippen LogP contribution >= 0.6 is 0 Å². The molecule has 2 fully saturated rings. The first-order valence-electron chi connectivity index (χ1n) is 9.89. The summed E-state index contributed by atoms with van der Waals surface area (Å²) in [5.74, 6) is -0.184. The highest BCUT2D eigenvalue weighted by Crippen LogP contribution is 2.33. The van der Waals surface area contributed by atoms with Crippen molar-refractivity contribution >= 4 is 23.0 Å². The second kappa shape index (κ2) is 8.17. The molecule has 0 aromatic heterocycles. The average Bonchev–Trinajstić information content (AvgIpc) is 3.57. The fourth-order valence-corrected chi connectivity index (χ4v) is 3.68. The van der Waals surface area contributed by atoms with E-state index in [1.54, 1.807) is 18.2 Å². The highest BCUT2D eigenvalue weighted by Gasteiger charge is 2.28. The van der Waals surface area contributed by atoms with Gasteiger partial charge >= 0.3 is 0 Å². The van der Waals surface area contributed by atoms with Crippen LogP contribution in [0.1, 0.15) is 23.2 Å². The molecule has 2 aliphatic rings. The first kappa shape index (κ1) is 19.9. The second-order valence-electron chi connectivity index (χ2n) is 7.50. The highest BCUT2D eigenvalue weighted by molar-refractivity contribution is 5.96. The Morgan fingerprint density at radius 3 is 2.33 bits per heavy atom. The van der Waals surface area contributed by atoms with E-state index in [0.29, 0.717) is 43.2 Å². The van der Waals surface area contributed by atoms with Crippen LogP contribution in [0.2, 0.25) is 0 Å². The fraction of sp³-hybridized carbons (Fsp3) is 0.381. The number of halogens is 1. The molecule has 2 aromatic rings. The zero-order chi connectivity index (χ0) is 21.3. The van der Waals surface area contributed by atoms with E-state index in [2.05, 4.69) is 10.2 Å². The minimum absolute atomic E-state index is 0.0775. The van der Waals surface area contributed by atoms with Crippen molar-refractivity contribution in [3.8, 4) is 5.75 Å². The maximum Gasteiger partial charge on any atom is 0.293 e. The largest absolute Gasteiger partial charge is 0.494 e. The minimum atomic E-state index is -0.446. The van der Waals surface area contributed by atoms with Gasteiger partial charge in [-0.2, -0.15) is 0 Å². The lowest BCUT2D eigenvalue weighted by molar-refractivity contribution is -0.384. The Hall–Kier alpha value is -3.36. The van der Waals surface area contributed by atoms with E-state index in [4.69, 9.17) is 4.74 Å². The third kappa shape index (κ3) is 4.14. The molecular weight excluding hydrogens is 391 g/mol. The molecule has 9 heteroatoms. The van der Waals surface area contributed by atoms with Crippen molar-refractivity contribution in [3.05, 3.63) is 57.9 Å². The van der Waals surface area contributed by atoms with Crippen molar-refractivity contribution in [1.29, 1.82) is 0 Å². The molecule has 1 aliphatic carbocycles. The number of piperazine rings is 1. The predicted octanol–water partition coefficient (Wildman–Crippen LogP) is 2.96.